The number of cyclic esters (lactones) is 2. The average molecular weight is 823 g/mol. The summed E-state index contributed by atoms with van der Waals surface area (Å²) in [7, 11) is 2.65. The number of aromatic nitrogens is 4. The van der Waals surface area contributed by atoms with Gasteiger partial charge in [-0.05, 0) is 49.2 Å². The second kappa shape index (κ2) is 16.8. The van der Waals surface area contributed by atoms with Crippen LogP contribution in [0.4, 0.5) is 60.4 Å². The van der Waals surface area contributed by atoms with E-state index in [2.05, 4.69) is 45.1 Å². The summed E-state index contributed by atoms with van der Waals surface area (Å²) in [5.41, 5.74) is 9.17. The van der Waals surface area contributed by atoms with Crippen LogP contribution in [0.1, 0.15) is 33.8 Å². The molecule has 0 aliphatic carbocycles. The van der Waals surface area contributed by atoms with Crippen molar-refractivity contribution in [3.8, 4) is 0 Å². The first kappa shape index (κ1) is 39.4. The number of nitrogens with one attached hydrogen (secondary N) is 2. The number of ether oxygens (including phenoxy) is 4. The van der Waals surface area contributed by atoms with E-state index in [1.165, 1.54) is 30.2 Å². The summed E-state index contributed by atoms with van der Waals surface area (Å²) in [6, 6.07) is 13.7. The zero-order chi connectivity index (χ0) is 41.9. The topological polar surface area (TPSA) is 240 Å². The normalized spacial score (nSPS) is 19.1. The number of nitrogens with two attached hydrogens (primary N) is 1. The van der Waals surface area contributed by atoms with Crippen molar-refractivity contribution in [2.24, 2.45) is 0 Å². The lowest BCUT2D eigenvalue weighted by Crippen LogP contribution is -2.48. The van der Waals surface area contributed by atoms with Crippen molar-refractivity contribution in [3.63, 3.8) is 0 Å². The Bertz CT molecular complexity index is 2330. The highest BCUT2D eigenvalue weighted by molar-refractivity contribution is 6.05. The zero-order valence-corrected chi connectivity index (χ0v) is 32.8. The Kier molecular flexibility index (Phi) is 11.0. The van der Waals surface area contributed by atoms with Crippen LogP contribution in [-0.4, -0.2) is 129 Å². The molecule has 4 aromatic heterocycles. The Labute approximate surface area is 343 Å². The lowest BCUT2D eigenvalue weighted by atomic mass is 10.2. The van der Waals surface area contributed by atoms with Gasteiger partial charge in [-0.2, -0.15) is 0 Å². The average Bonchev–Trinajstić information content (AvgIpc) is 4.08. The number of esters is 2. The molecule has 4 aromatic rings. The quantitative estimate of drug-likeness (QED) is 0.193. The molecule has 2 atom stereocenters. The predicted molar refractivity (Wildman–Crippen MR) is 218 cm³/mol. The number of fused-ring (bicyclic) bond motifs is 8. The molecule has 21 nitrogen and oxygen atoms in total. The van der Waals surface area contributed by atoms with E-state index in [4.69, 9.17) is 19.9 Å². The molecule has 0 spiro atoms. The first-order valence-electron chi connectivity index (χ1n) is 19.2. The summed E-state index contributed by atoms with van der Waals surface area (Å²) in [5, 5.41) is 6.15. The first-order valence-corrected chi connectivity index (χ1v) is 19.2. The van der Waals surface area contributed by atoms with Gasteiger partial charge in [0.25, 0.3) is 0 Å². The number of hydrogen-bond acceptors (Lipinski definition) is 17. The van der Waals surface area contributed by atoms with E-state index in [-0.39, 0.29) is 17.8 Å². The summed E-state index contributed by atoms with van der Waals surface area (Å²) in [6.07, 6.45) is 4.24. The maximum absolute atomic E-state index is 13.3. The molecule has 4 N–H and O–H groups in total. The van der Waals surface area contributed by atoms with Crippen molar-refractivity contribution >= 4 is 76.2 Å². The van der Waals surface area contributed by atoms with Crippen LogP contribution in [0, 0.1) is 0 Å². The number of carbonyl (C=O) groups is 5. The number of rotatable bonds is 5. The fraction of sp³-hybridized carbons (Fsp3) is 0.359. The molecule has 21 heteroatoms. The van der Waals surface area contributed by atoms with Crippen LogP contribution in [0.3, 0.4) is 0 Å². The number of anilines is 8. The molecule has 4 bridgehead atoms. The molecule has 0 unspecified atom stereocenters. The van der Waals surface area contributed by atoms with E-state index in [0.717, 1.165) is 55.4 Å². The van der Waals surface area contributed by atoms with Crippen molar-refractivity contribution < 1.29 is 42.9 Å². The van der Waals surface area contributed by atoms with Crippen LogP contribution in [0.2, 0.25) is 0 Å². The Hall–Kier alpha value is -7.45. The fourth-order valence-corrected chi connectivity index (χ4v) is 7.70. The van der Waals surface area contributed by atoms with Crippen LogP contribution in [-0.2, 0) is 18.9 Å². The van der Waals surface area contributed by atoms with Crippen LogP contribution < -0.4 is 40.9 Å². The summed E-state index contributed by atoms with van der Waals surface area (Å²) in [6.45, 7) is 5.34. The highest BCUT2D eigenvalue weighted by Crippen LogP contribution is 2.39. The second-order valence-electron chi connectivity index (χ2n) is 14.2. The minimum Gasteiger partial charge on any atom is -0.464 e. The zero-order valence-electron chi connectivity index (χ0n) is 32.8. The van der Waals surface area contributed by atoms with Gasteiger partial charge in [-0.15, -0.1) is 0 Å². The minimum atomic E-state index is -0.567. The van der Waals surface area contributed by atoms with Crippen molar-refractivity contribution in [1.82, 2.24) is 19.9 Å². The number of urea groups is 1. The Morgan fingerprint density at radius 1 is 0.767 bits per heavy atom. The number of nitrogen functional groups attached to an aromatic ring is 1. The molecule has 60 heavy (non-hydrogen) atoms. The number of nitrogens with zero attached hydrogens (tertiary/aromatic N) is 9. The Balaban J connectivity index is 0.000000142. The van der Waals surface area contributed by atoms with Gasteiger partial charge in [0.15, 0.2) is 23.0 Å². The van der Waals surface area contributed by atoms with E-state index in [1.807, 2.05) is 6.07 Å². The highest BCUT2D eigenvalue weighted by Gasteiger charge is 2.41. The number of carbonyl (C=O) groups excluding carboxylic acids is 5. The number of amides is 4. The monoisotopic (exact) mass is 822 g/mol. The number of methoxy groups -OCH3 is 2. The van der Waals surface area contributed by atoms with Crippen LogP contribution >= 0.6 is 0 Å². The first-order chi connectivity index (χ1) is 29.1. The lowest BCUT2D eigenvalue weighted by Gasteiger charge is -2.35. The van der Waals surface area contributed by atoms with Crippen molar-refractivity contribution in [2.75, 3.05) is 108 Å². The summed E-state index contributed by atoms with van der Waals surface area (Å²) >= 11 is 0. The molecule has 10 heterocycles. The van der Waals surface area contributed by atoms with Gasteiger partial charge in [-0.25, -0.2) is 43.9 Å². The fourth-order valence-electron chi connectivity index (χ4n) is 7.70. The van der Waals surface area contributed by atoms with E-state index >= 15 is 0 Å². The lowest BCUT2D eigenvalue weighted by molar-refractivity contribution is 0.0585. The summed E-state index contributed by atoms with van der Waals surface area (Å²) in [4.78, 5) is 85.3. The van der Waals surface area contributed by atoms with Gasteiger partial charge in [-0.3, -0.25) is 20.0 Å². The molecule has 0 saturated carbocycles. The van der Waals surface area contributed by atoms with E-state index in [9.17, 15) is 24.0 Å². The van der Waals surface area contributed by atoms with Gasteiger partial charge in [-0.1, -0.05) is 0 Å². The van der Waals surface area contributed by atoms with E-state index in [1.54, 1.807) is 53.6 Å². The van der Waals surface area contributed by atoms with Crippen molar-refractivity contribution in [2.45, 2.75) is 24.9 Å². The maximum Gasteiger partial charge on any atom is 0.414 e. The van der Waals surface area contributed by atoms with Gasteiger partial charge in [0.1, 0.15) is 24.8 Å². The number of pyridine rings is 4. The standard InChI is InChI=1S/C20H20N6O5.C11H13N3O2.C8H9N3O2/c1-30-18(27)14-2-3-15-17(22-14)26(13-5-7-24(15)11-13)19(28)23-16-10-12(4-6-21-16)25-8-9-31-20(25)29;1-16-11(15)8-2-3-9-10(13-8)12-7-4-5-14(9)6-7;9-7-5-6(1-2-10-7)11-3-4-13-8(11)12/h2-4,6,10,13H,5,7-9,11H2,1H3,(H,21,23,28);2-3,7H,4-6H2,1H3,(H,12,13);1-2,5H,3-4H2,(H2,9,10)/t13-;7-;/m00./s1. The third-order valence-corrected chi connectivity index (χ3v) is 10.6. The minimum absolute atomic E-state index is 0.0790. The van der Waals surface area contributed by atoms with Gasteiger partial charge >= 0.3 is 30.2 Å². The molecule has 0 aromatic carbocycles. The molecule has 4 saturated heterocycles. The maximum atomic E-state index is 13.3. The summed E-state index contributed by atoms with van der Waals surface area (Å²) < 4.78 is 19.2. The second-order valence-corrected chi connectivity index (χ2v) is 14.2. The largest absolute Gasteiger partial charge is 0.464 e. The highest BCUT2D eigenvalue weighted by atomic mass is 16.6. The third-order valence-electron chi connectivity index (χ3n) is 10.6. The molecule has 4 fully saturated rings. The molecule has 6 aliphatic rings. The Morgan fingerprint density at radius 2 is 1.38 bits per heavy atom. The van der Waals surface area contributed by atoms with Crippen molar-refractivity contribution in [3.05, 3.63) is 72.3 Å². The van der Waals surface area contributed by atoms with Gasteiger partial charge in [0.2, 0.25) is 0 Å². The molecule has 6 aliphatic heterocycles. The predicted octanol–water partition coefficient (Wildman–Crippen LogP) is 3.34. The smallest absolute Gasteiger partial charge is 0.414 e. The third kappa shape index (κ3) is 8.00. The molecule has 312 valence electrons. The van der Waals surface area contributed by atoms with Gasteiger partial charge in [0, 0.05) is 56.7 Å². The summed E-state index contributed by atoms with van der Waals surface area (Å²) in [5.74, 6) is 0.955. The van der Waals surface area contributed by atoms with Gasteiger partial charge in [0.05, 0.1) is 56.1 Å². The van der Waals surface area contributed by atoms with Crippen LogP contribution in [0.5, 0.6) is 0 Å². The molecule has 10 rings (SSSR count). The van der Waals surface area contributed by atoms with Crippen LogP contribution in [0.15, 0.2) is 60.9 Å². The molecular weight excluding hydrogens is 781 g/mol. The Morgan fingerprint density at radius 3 is 2.03 bits per heavy atom. The van der Waals surface area contributed by atoms with Gasteiger partial charge < -0.3 is 39.8 Å². The molecular formula is C39H42N12O9. The SMILES string of the molecule is COC(=O)c1ccc2c(n1)N(C(=O)Nc1cc(N3CCOC3=O)ccn1)[C@H]1CCN2C1.COC(=O)c1ccc2c(n1)N[C@H]1CCN2C1.Nc1cc(N2CCOC2=O)ccn1. The molecule has 0 radical (unpaired) electrons. The van der Waals surface area contributed by atoms with Crippen LogP contribution in [0.25, 0.3) is 0 Å². The van der Waals surface area contributed by atoms with E-state index in [0.29, 0.717) is 67.7 Å². The number of hydrogen-bond donors (Lipinski definition) is 3. The molecule has 4 amide bonds. The van der Waals surface area contributed by atoms with Crippen molar-refractivity contribution in [1.29, 1.82) is 0 Å². The van der Waals surface area contributed by atoms with E-state index < -0.39 is 24.1 Å².